The Morgan fingerprint density at radius 1 is 1.03 bits per heavy atom. The van der Waals surface area contributed by atoms with E-state index in [9.17, 15) is 5.11 Å². The van der Waals surface area contributed by atoms with Crippen LogP contribution in [0.25, 0.3) is 39.2 Å². The molecule has 1 unspecified atom stereocenters. The number of aliphatic hydroxyl groups is 1. The van der Waals surface area contributed by atoms with Crippen LogP contribution in [0.15, 0.2) is 60.8 Å². The molecule has 0 fully saturated rings. The molecule has 5 aromatic rings. The van der Waals surface area contributed by atoms with Gasteiger partial charge in [-0.3, -0.25) is 9.67 Å². The first-order chi connectivity index (χ1) is 16.5. The van der Waals surface area contributed by atoms with E-state index < -0.39 is 0 Å². The van der Waals surface area contributed by atoms with E-state index in [4.69, 9.17) is 15.8 Å². The van der Waals surface area contributed by atoms with Gasteiger partial charge in [0.1, 0.15) is 0 Å². The van der Waals surface area contributed by atoms with Gasteiger partial charge in [0.05, 0.1) is 41.1 Å². The fraction of sp³-hybridized carbons (Fsp3) is 0.231. The molecule has 5 rings (SSSR count). The minimum Gasteiger partial charge on any atom is -0.390 e. The molecule has 0 radical (unpaired) electrons. The van der Waals surface area contributed by atoms with Crippen LogP contribution in [-0.4, -0.2) is 34.6 Å². The van der Waals surface area contributed by atoms with Crippen molar-refractivity contribution in [3.8, 4) is 28.3 Å². The number of hydrogen-bond donors (Lipinski definition) is 2. The zero-order valence-electron chi connectivity index (χ0n) is 19.5. The molecule has 8 nitrogen and oxygen atoms in total. The van der Waals surface area contributed by atoms with Crippen molar-refractivity contribution in [2.24, 2.45) is 12.8 Å². The zero-order valence-corrected chi connectivity index (χ0v) is 19.5. The molecule has 0 saturated heterocycles. The maximum Gasteiger partial charge on any atom is 0.154 e. The van der Waals surface area contributed by atoms with Crippen LogP contribution in [-0.2, 0) is 13.7 Å². The third-order valence-electron chi connectivity index (χ3n) is 6.14. The Hall–Kier alpha value is -3.88. The van der Waals surface area contributed by atoms with E-state index in [2.05, 4.69) is 35.2 Å². The summed E-state index contributed by atoms with van der Waals surface area (Å²) < 4.78 is 3.66. The standard InChI is InChI=1S/C26H27N7O/c1-4-21(27)23-9-6-8-22(30-23)17-12-19(24-11-16(2)32(3)31-24)20-14-28-33(25(20)13-17)26-10-5-7-18(15-34)29-26/h5-14,21,34H,4,15,27H2,1-3H3. The van der Waals surface area contributed by atoms with Crippen LogP contribution in [0.4, 0.5) is 0 Å². The second-order valence-corrected chi connectivity index (χ2v) is 8.42. The van der Waals surface area contributed by atoms with Gasteiger partial charge in [0.25, 0.3) is 0 Å². The molecule has 4 aromatic heterocycles. The van der Waals surface area contributed by atoms with E-state index >= 15 is 0 Å². The van der Waals surface area contributed by atoms with Crippen LogP contribution >= 0.6 is 0 Å². The molecule has 0 bridgehead atoms. The van der Waals surface area contributed by atoms with Gasteiger partial charge in [0.15, 0.2) is 5.82 Å². The first kappa shape index (κ1) is 21.9. The van der Waals surface area contributed by atoms with E-state index in [0.29, 0.717) is 11.5 Å². The number of pyridine rings is 2. The summed E-state index contributed by atoms with van der Waals surface area (Å²) in [6, 6.07) is 17.6. The maximum absolute atomic E-state index is 9.56. The molecule has 34 heavy (non-hydrogen) atoms. The second-order valence-electron chi connectivity index (χ2n) is 8.42. The summed E-state index contributed by atoms with van der Waals surface area (Å²) in [6.45, 7) is 3.95. The van der Waals surface area contributed by atoms with E-state index in [1.807, 2.05) is 55.2 Å². The minimum absolute atomic E-state index is 0.113. The zero-order chi connectivity index (χ0) is 23.8. The molecule has 3 N–H and O–H groups in total. The lowest BCUT2D eigenvalue weighted by atomic mass is 10.0. The Labute approximate surface area is 197 Å². The number of aliphatic hydroxyl groups excluding tert-OH is 1. The molecule has 1 atom stereocenters. The average molecular weight is 454 g/mol. The normalized spacial score (nSPS) is 12.4. The van der Waals surface area contributed by atoms with Crippen LogP contribution in [0.1, 0.15) is 36.5 Å². The average Bonchev–Trinajstić information content (AvgIpc) is 3.45. The van der Waals surface area contributed by atoms with Gasteiger partial charge in [-0.25, -0.2) is 9.67 Å². The van der Waals surface area contributed by atoms with Crippen molar-refractivity contribution in [3.63, 3.8) is 0 Å². The Morgan fingerprint density at radius 2 is 1.85 bits per heavy atom. The maximum atomic E-state index is 9.56. The number of rotatable bonds is 6. The highest BCUT2D eigenvalue weighted by molar-refractivity contribution is 5.97. The topological polar surface area (TPSA) is 108 Å². The van der Waals surface area contributed by atoms with Gasteiger partial charge in [-0.05, 0) is 55.8 Å². The van der Waals surface area contributed by atoms with Crippen LogP contribution in [0.2, 0.25) is 0 Å². The summed E-state index contributed by atoms with van der Waals surface area (Å²) in [4.78, 5) is 9.42. The van der Waals surface area contributed by atoms with E-state index in [1.165, 1.54) is 0 Å². The number of aromatic nitrogens is 6. The molecule has 0 aliphatic carbocycles. The van der Waals surface area contributed by atoms with Crippen molar-refractivity contribution in [3.05, 3.63) is 77.9 Å². The molecule has 0 spiro atoms. The lowest BCUT2D eigenvalue weighted by Crippen LogP contribution is -2.10. The number of fused-ring (bicyclic) bond motifs is 1. The smallest absolute Gasteiger partial charge is 0.154 e. The van der Waals surface area contributed by atoms with Gasteiger partial charge in [-0.15, -0.1) is 0 Å². The largest absolute Gasteiger partial charge is 0.390 e. The van der Waals surface area contributed by atoms with Crippen molar-refractivity contribution < 1.29 is 5.11 Å². The third-order valence-corrected chi connectivity index (χ3v) is 6.14. The Bertz CT molecular complexity index is 1460. The number of nitrogens with zero attached hydrogens (tertiary/aromatic N) is 6. The van der Waals surface area contributed by atoms with Crippen molar-refractivity contribution in [2.45, 2.75) is 32.9 Å². The van der Waals surface area contributed by atoms with Gasteiger partial charge >= 0.3 is 0 Å². The Morgan fingerprint density at radius 3 is 2.59 bits per heavy atom. The SMILES string of the molecule is CCC(N)c1cccc(-c2cc(-c3cc(C)n(C)n3)c3cnn(-c4cccc(CO)n4)c3c2)n1. The third kappa shape index (κ3) is 3.87. The molecule has 0 aliphatic heterocycles. The summed E-state index contributed by atoms with van der Waals surface area (Å²) >= 11 is 0. The van der Waals surface area contributed by atoms with E-state index in [0.717, 1.165) is 51.2 Å². The van der Waals surface area contributed by atoms with Crippen LogP contribution in [0, 0.1) is 6.92 Å². The predicted octanol–water partition coefficient (Wildman–Crippen LogP) is 4.09. The fourth-order valence-electron chi connectivity index (χ4n) is 4.06. The molecule has 8 heteroatoms. The minimum atomic E-state index is -0.134. The first-order valence-corrected chi connectivity index (χ1v) is 11.3. The number of aryl methyl sites for hydroxylation is 2. The van der Waals surface area contributed by atoms with E-state index in [-0.39, 0.29) is 12.6 Å². The molecule has 0 saturated carbocycles. The predicted molar refractivity (Wildman–Crippen MR) is 132 cm³/mol. The number of nitrogens with two attached hydrogens (primary N) is 1. The highest BCUT2D eigenvalue weighted by Crippen LogP contribution is 2.34. The van der Waals surface area contributed by atoms with Gasteiger partial charge in [-0.1, -0.05) is 19.1 Å². The van der Waals surface area contributed by atoms with Crippen LogP contribution < -0.4 is 5.73 Å². The van der Waals surface area contributed by atoms with Gasteiger partial charge < -0.3 is 10.8 Å². The molecular formula is C26H27N7O. The lowest BCUT2D eigenvalue weighted by molar-refractivity contribution is 0.276. The van der Waals surface area contributed by atoms with Crippen LogP contribution in [0.3, 0.4) is 0 Å². The summed E-state index contributed by atoms with van der Waals surface area (Å²) in [6.07, 6.45) is 2.65. The highest BCUT2D eigenvalue weighted by atomic mass is 16.3. The fourth-order valence-corrected chi connectivity index (χ4v) is 4.06. The monoisotopic (exact) mass is 453 g/mol. The quantitative estimate of drug-likeness (QED) is 0.401. The van der Waals surface area contributed by atoms with Crippen molar-refractivity contribution >= 4 is 10.9 Å². The molecule has 172 valence electrons. The first-order valence-electron chi connectivity index (χ1n) is 11.3. The van der Waals surface area contributed by atoms with Crippen LogP contribution in [0.5, 0.6) is 0 Å². The summed E-state index contributed by atoms with van der Waals surface area (Å²) in [5.74, 6) is 0.636. The molecule has 0 aliphatic rings. The van der Waals surface area contributed by atoms with Gasteiger partial charge in [-0.2, -0.15) is 10.2 Å². The van der Waals surface area contributed by atoms with Crippen molar-refractivity contribution in [1.82, 2.24) is 29.5 Å². The molecular weight excluding hydrogens is 426 g/mol. The molecule has 1 aromatic carbocycles. The highest BCUT2D eigenvalue weighted by Gasteiger charge is 2.17. The van der Waals surface area contributed by atoms with E-state index in [1.54, 1.807) is 10.7 Å². The Balaban J connectivity index is 1.76. The van der Waals surface area contributed by atoms with Crippen molar-refractivity contribution in [1.29, 1.82) is 0 Å². The lowest BCUT2D eigenvalue weighted by Gasteiger charge is -2.12. The summed E-state index contributed by atoms with van der Waals surface area (Å²) in [7, 11) is 1.94. The molecule has 0 amide bonds. The Kier molecular flexibility index (Phi) is 5.69. The van der Waals surface area contributed by atoms with Gasteiger partial charge in [0, 0.05) is 35.3 Å². The second kappa shape index (κ2) is 8.81. The van der Waals surface area contributed by atoms with Gasteiger partial charge in [0.2, 0.25) is 0 Å². The number of hydrogen-bond acceptors (Lipinski definition) is 6. The van der Waals surface area contributed by atoms with Crippen molar-refractivity contribution in [2.75, 3.05) is 0 Å². The summed E-state index contributed by atoms with van der Waals surface area (Å²) in [5, 5.41) is 19.9. The number of benzene rings is 1. The molecule has 4 heterocycles. The summed E-state index contributed by atoms with van der Waals surface area (Å²) in [5.41, 5.74) is 13.3.